The zero-order valence-electron chi connectivity index (χ0n) is 20.9. The second-order valence-corrected chi connectivity index (χ2v) is 15.2. The maximum Gasteiger partial charge on any atom is 0.192 e. The minimum atomic E-state index is -1.77. The lowest BCUT2D eigenvalue weighted by molar-refractivity contribution is 0.00808. The summed E-state index contributed by atoms with van der Waals surface area (Å²) in [6, 6.07) is 0. The SMILES string of the molecule is CCCCCCCCCCCCCCCCOC[C@@H](O)CO[Si](C)(C)C(C)(C)C. The molecule has 0 bridgehead atoms. The molecule has 4 heteroatoms. The summed E-state index contributed by atoms with van der Waals surface area (Å²) in [5.41, 5.74) is 0. The van der Waals surface area contributed by atoms with Crippen LogP contribution in [-0.4, -0.2) is 39.3 Å². The molecule has 1 atom stereocenters. The van der Waals surface area contributed by atoms with Gasteiger partial charge in [0.15, 0.2) is 8.32 Å². The van der Waals surface area contributed by atoms with E-state index in [2.05, 4.69) is 40.8 Å². The first-order valence-corrected chi connectivity index (χ1v) is 15.5. The molecule has 0 aromatic carbocycles. The number of ether oxygens (including phenoxy) is 1. The van der Waals surface area contributed by atoms with Crippen LogP contribution in [0.5, 0.6) is 0 Å². The summed E-state index contributed by atoms with van der Waals surface area (Å²) in [5, 5.41) is 10.2. The van der Waals surface area contributed by atoms with Crippen molar-refractivity contribution in [2.24, 2.45) is 0 Å². The topological polar surface area (TPSA) is 38.7 Å². The lowest BCUT2D eigenvalue weighted by Gasteiger charge is -2.36. The first-order chi connectivity index (χ1) is 13.7. The summed E-state index contributed by atoms with van der Waals surface area (Å²) >= 11 is 0. The molecule has 0 aromatic heterocycles. The Morgan fingerprint density at radius 3 is 1.52 bits per heavy atom. The highest BCUT2D eigenvalue weighted by atomic mass is 28.4. The number of hydrogen-bond donors (Lipinski definition) is 1. The molecular formula is C25H54O3Si. The molecule has 0 radical (unpaired) electrons. The average Bonchev–Trinajstić information content (AvgIpc) is 2.65. The number of unbranched alkanes of at least 4 members (excludes halogenated alkanes) is 13. The molecule has 0 rings (SSSR count). The maximum absolute atomic E-state index is 10.1. The number of aliphatic hydroxyl groups is 1. The molecule has 0 fully saturated rings. The molecule has 0 aliphatic rings. The Kier molecular flexibility index (Phi) is 17.8. The zero-order chi connectivity index (χ0) is 22.0. The minimum absolute atomic E-state index is 0.182. The van der Waals surface area contributed by atoms with Crippen LogP contribution >= 0.6 is 0 Å². The van der Waals surface area contributed by atoms with Crippen LogP contribution in [0.3, 0.4) is 0 Å². The van der Waals surface area contributed by atoms with Crippen molar-refractivity contribution in [3.05, 3.63) is 0 Å². The van der Waals surface area contributed by atoms with Crippen molar-refractivity contribution in [3.63, 3.8) is 0 Å². The van der Waals surface area contributed by atoms with E-state index in [9.17, 15) is 5.11 Å². The molecule has 0 aliphatic carbocycles. The van der Waals surface area contributed by atoms with Gasteiger partial charge >= 0.3 is 0 Å². The van der Waals surface area contributed by atoms with Crippen LogP contribution in [0.4, 0.5) is 0 Å². The fraction of sp³-hybridized carbons (Fsp3) is 1.00. The maximum atomic E-state index is 10.1. The molecule has 0 spiro atoms. The molecule has 1 N–H and O–H groups in total. The number of rotatable bonds is 20. The average molecular weight is 431 g/mol. The largest absolute Gasteiger partial charge is 0.414 e. The Balaban J connectivity index is 3.33. The van der Waals surface area contributed by atoms with E-state index in [4.69, 9.17) is 9.16 Å². The van der Waals surface area contributed by atoms with Gasteiger partial charge in [-0.15, -0.1) is 0 Å². The first kappa shape index (κ1) is 29.1. The quantitative estimate of drug-likeness (QED) is 0.158. The lowest BCUT2D eigenvalue weighted by Crippen LogP contribution is -2.43. The van der Waals surface area contributed by atoms with Gasteiger partial charge in [0, 0.05) is 6.61 Å². The van der Waals surface area contributed by atoms with E-state index in [1.807, 2.05) is 0 Å². The van der Waals surface area contributed by atoms with Gasteiger partial charge in [0.1, 0.15) is 0 Å². The van der Waals surface area contributed by atoms with Gasteiger partial charge in [-0.25, -0.2) is 0 Å². The predicted molar refractivity (Wildman–Crippen MR) is 130 cm³/mol. The molecule has 0 heterocycles. The summed E-state index contributed by atoms with van der Waals surface area (Å²) in [6.07, 6.45) is 18.7. The van der Waals surface area contributed by atoms with Gasteiger partial charge in [0.2, 0.25) is 0 Å². The summed E-state index contributed by atoms with van der Waals surface area (Å²) in [4.78, 5) is 0. The zero-order valence-corrected chi connectivity index (χ0v) is 21.9. The molecule has 0 saturated carbocycles. The van der Waals surface area contributed by atoms with Crippen LogP contribution in [0.25, 0.3) is 0 Å². The van der Waals surface area contributed by atoms with E-state index in [0.29, 0.717) is 13.2 Å². The van der Waals surface area contributed by atoms with Crippen LogP contribution in [0, 0.1) is 0 Å². The second-order valence-electron chi connectivity index (χ2n) is 10.4. The van der Waals surface area contributed by atoms with Gasteiger partial charge in [-0.3, -0.25) is 0 Å². The molecular weight excluding hydrogens is 376 g/mol. The Bertz CT molecular complexity index is 352. The van der Waals surface area contributed by atoms with Crippen molar-refractivity contribution in [2.75, 3.05) is 19.8 Å². The van der Waals surface area contributed by atoms with E-state index in [1.54, 1.807) is 0 Å². The highest BCUT2D eigenvalue weighted by Gasteiger charge is 2.37. The highest BCUT2D eigenvalue weighted by molar-refractivity contribution is 6.74. The molecule has 0 amide bonds. The summed E-state index contributed by atoms with van der Waals surface area (Å²) in [7, 11) is -1.77. The smallest absolute Gasteiger partial charge is 0.192 e. The van der Waals surface area contributed by atoms with Crippen LogP contribution in [0.1, 0.15) is 118 Å². The van der Waals surface area contributed by atoms with Crippen LogP contribution < -0.4 is 0 Å². The van der Waals surface area contributed by atoms with E-state index in [-0.39, 0.29) is 5.04 Å². The van der Waals surface area contributed by atoms with Crippen molar-refractivity contribution in [3.8, 4) is 0 Å². The van der Waals surface area contributed by atoms with Crippen LogP contribution in [-0.2, 0) is 9.16 Å². The van der Waals surface area contributed by atoms with Gasteiger partial charge < -0.3 is 14.3 Å². The second kappa shape index (κ2) is 17.7. The fourth-order valence-electron chi connectivity index (χ4n) is 3.19. The molecule has 29 heavy (non-hydrogen) atoms. The third-order valence-corrected chi connectivity index (χ3v) is 10.9. The van der Waals surface area contributed by atoms with Gasteiger partial charge in [-0.05, 0) is 24.6 Å². The summed E-state index contributed by atoms with van der Waals surface area (Å²) < 4.78 is 11.7. The molecule has 0 unspecified atom stereocenters. The summed E-state index contributed by atoms with van der Waals surface area (Å²) in [6.45, 7) is 14.9. The summed E-state index contributed by atoms with van der Waals surface area (Å²) in [5.74, 6) is 0. The van der Waals surface area contributed by atoms with E-state index in [0.717, 1.165) is 13.0 Å². The molecule has 0 aromatic rings. The van der Waals surface area contributed by atoms with Crippen molar-refractivity contribution < 1.29 is 14.3 Å². The van der Waals surface area contributed by atoms with Crippen LogP contribution in [0.15, 0.2) is 0 Å². The molecule has 176 valence electrons. The Morgan fingerprint density at radius 2 is 1.10 bits per heavy atom. The number of aliphatic hydroxyl groups excluding tert-OH is 1. The highest BCUT2D eigenvalue weighted by Crippen LogP contribution is 2.36. The third-order valence-electron chi connectivity index (χ3n) is 6.40. The Labute approximate surface area is 184 Å². The monoisotopic (exact) mass is 430 g/mol. The van der Waals surface area contributed by atoms with E-state index in [1.165, 1.54) is 83.5 Å². The Morgan fingerprint density at radius 1 is 0.690 bits per heavy atom. The first-order valence-electron chi connectivity index (χ1n) is 12.6. The Hall–Kier alpha value is 0.0969. The van der Waals surface area contributed by atoms with Crippen molar-refractivity contribution in [2.45, 2.75) is 142 Å². The third kappa shape index (κ3) is 17.5. The van der Waals surface area contributed by atoms with Crippen molar-refractivity contribution >= 4 is 8.32 Å². The van der Waals surface area contributed by atoms with E-state index >= 15 is 0 Å². The van der Waals surface area contributed by atoms with Crippen molar-refractivity contribution in [1.82, 2.24) is 0 Å². The van der Waals surface area contributed by atoms with Gasteiger partial charge in [0.05, 0.1) is 19.3 Å². The fourth-order valence-corrected chi connectivity index (χ4v) is 4.23. The van der Waals surface area contributed by atoms with Gasteiger partial charge in [-0.1, -0.05) is 111 Å². The molecule has 0 aliphatic heterocycles. The van der Waals surface area contributed by atoms with Crippen molar-refractivity contribution in [1.29, 1.82) is 0 Å². The van der Waals surface area contributed by atoms with Crippen LogP contribution in [0.2, 0.25) is 18.1 Å². The normalized spacial score (nSPS) is 13.8. The number of hydrogen-bond acceptors (Lipinski definition) is 3. The molecule has 3 nitrogen and oxygen atoms in total. The minimum Gasteiger partial charge on any atom is -0.414 e. The van der Waals surface area contributed by atoms with Gasteiger partial charge in [-0.2, -0.15) is 0 Å². The molecule has 0 saturated heterocycles. The standard InChI is InChI=1S/C25H54O3Si/c1-7-8-9-10-11-12-13-14-15-16-17-18-19-20-21-27-22-24(26)23-28-29(5,6)25(2,3)4/h24,26H,7-23H2,1-6H3/t24-/m1/s1. The predicted octanol–water partition coefficient (Wildman–Crippen LogP) is 7.87. The van der Waals surface area contributed by atoms with E-state index < -0.39 is 14.4 Å². The van der Waals surface area contributed by atoms with Gasteiger partial charge in [0.25, 0.3) is 0 Å². The lowest BCUT2D eigenvalue weighted by atomic mass is 10.0.